The molecule has 1 amide bonds. The molecule has 1 heterocycles. The SMILES string of the molecule is CN(C(=O)C1CC1)C1CC1c1cccc2c1CCO2. The van der Waals surface area contributed by atoms with Gasteiger partial charge in [0.05, 0.1) is 6.61 Å². The van der Waals surface area contributed by atoms with E-state index >= 15 is 0 Å². The molecule has 2 unspecified atom stereocenters. The van der Waals surface area contributed by atoms with Crippen molar-refractivity contribution >= 4 is 5.91 Å². The average Bonchev–Trinajstić information content (AvgIpc) is 3.33. The highest BCUT2D eigenvalue weighted by molar-refractivity contribution is 5.81. The average molecular weight is 257 g/mol. The van der Waals surface area contributed by atoms with Gasteiger partial charge >= 0.3 is 0 Å². The minimum absolute atomic E-state index is 0.330. The maximum absolute atomic E-state index is 12.1. The van der Waals surface area contributed by atoms with Gasteiger partial charge in [-0.1, -0.05) is 12.1 Å². The molecule has 2 aliphatic carbocycles. The molecule has 19 heavy (non-hydrogen) atoms. The van der Waals surface area contributed by atoms with Crippen LogP contribution in [0.25, 0.3) is 0 Å². The van der Waals surface area contributed by atoms with Gasteiger partial charge in [0, 0.05) is 36.9 Å². The van der Waals surface area contributed by atoms with Gasteiger partial charge in [0.15, 0.2) is 0 Å². The molecular weight excluding hydrogens is 238 g/mol. The molecule has 3 nitrogen and oxygen atoms in total. The molecule has 2 saturated carbocycles. The van der Waals surface area contributed by atoms with Crippen molar-refractivity contribution < 1.29 is 9.53 Å². The Labute approximate surface area is 113 Å². The predicted octanol–water partition coefficient (Wildman–Crippen LogP) is 2.35. The maximum Gasteiger partial charge on any atom is 0.225 e. The van der Waals surface area contributed by atoms with Crippen LogP contribution in [0.3, 0.4) is 0 Å². The topological polar surface area (TPSA) is 29.5 Å². The highest BCUT2D eigenvalue weighted by Gasteiger charge is 2.47. The van der Waals surface area contributed by atoms with E-state index in [2.05, 4.69) is 18.2 Å². The first-order valence-corrected chi connectivity index (χ1v) is 7.27. The molecule has 0 spiro atoms. The quantitative estimate of drug-likeness (QED) is 0.832. The Morgan fingerprint density at radius 2 is 2.21 bits per heavy atom. The van der Waals surface area contributed by atoms with Crippen molar-refractivity contribution in [2.45, 2.75) is 37.6 Å². The largest absolute Gasteiger partial charge is 0.493 e. The van der Waals surface area contributed by atoms with Crippen molar-refractivity contribution in [1.29, 1.82) is 0 Å². The molecule has 0 aromatic heterocycles. The molecule has 0 bridgehead atoms. The molecule has 2 fully saturated rings. The van der Waals surface area contributed by atoms with Gasteiger partial charge in [-0.2, -0.15) is 0 Å². The number of nitrogens with zero attached hydrogens (tertiary/aromatic N) is 1. The summed E-state index contributed by atoms with van der Waals surface area (Å²) in [6.07, 6.45) is 4.32. The Morgan fingerprint density at radius 1 is 1.37 bits per heavy atom. The molecule has 1 aromatic rings. The van der Waals surface area contributed by atoms with Gasteiger partial charge in [0.1, 0.15) is 5.75 Å². The van der Waals surface area contributed by atoms with Crippen LogP contribution in [-0.2, 0) is 11.2 Å². The van der Waals surface area contributed by atoms with Crippen LogP contribution in [-0.4, -0.2) is 30.5 Å². The summed E-state index contributed by atoms with van der Waals surface area (Å²) >= 11 is 0. The second-order valence-electron chi connectivity index (χ2n) is 6.06. The van der Waals surface area contributed by atoms with Crippen LogP contribution in [0.4, 0.5) is 0 Å². The Bertz CT molecular complexity index is 536. The van der Waals surface area contributed by atoms with E-state index in [1.165, 1.54) is 11.1 Å². The summed E-state index contributed by atoms with van der Waals surface area (Å²) < 4.78 is 5.63. The minimum Gasteiger partial charge on any atom is -0.493 e. The van der Waals surface area contributed by atoms with E-state index in [9.17, 15) is 4.79 Å². The van der Waals surface area contributed by atoms with Crippen LogP contribution >= 0.6 is 0 Å². The van der Waals surface area contributed by atoms with E-state index in [0.717, 1.165) is 38.0 Å². The Balaban J connectivity index is 1.53. The Kier molecular flexibility index (Phi) is 2.38. The third-order valence-corrected chi connectivity index (χ3v) is 4.71. The molecule has 3 heteroatoms. The van der Waals surface area contributed by atoms with Gasteiger partial charge in [-0.15, -0.1) is 0 Å². The Hall–Kier alpha value is -1.51. The lowest BCUT2D eigenvalue weighted by molar-refractivity contribution is -0.131. The highest BCUT2D eigenvalue weighted by Crippen LogP contribution is 2.49. The van der Waals surface area contributed by atoms with Crippen molar-refractivity contribution in [2.75, 3.05) is 13.7 Å². The van der Waals surface area contributed by atoms with Crippen molar-refractivity contribution in [3.63, 3.8) is 0 Å². The summed E-state index contributed by atoms with van der Waals surface area (Å²) in [4.78, 5) is 14.1. The van der Waals surface area contributed by atoms with Crippen LogP contribution in [0.2, 0.25) is 0 Å². The van der Waals surface area contributed by atoms with E-state index in [0.29, 0.717) is 23.8 Å². The summed E-state index contributed by atoms with van der Waals surface area (Å²) in [6, 6.07) is 6.77. The number of rotatable bonds is 3. The van der Waals surface area contributed by atoms with Crippen LogP contribution in [0.1, 0.15) is 36.3 Å². The molecule has 4 rings (SSSR count). The molecule has 1 aromatic carbocycles. The molecular formula is C16H19NO2. The van der Waals surface area contributed by atoms with Gasteiger partial charge in [0.2, 0.25) is 5.91 Å². The van der Waals surface area contributed by atoms with E-state index in [1.54, 1.807) is 0 Å². The first-order valence-electron chi connectivity index (χ1n) is 7.27. The number of hydrogen-bond donors (Lipinski definition) is 0. The molecule has 0 N–H and O–H groups in total. The van der Waals surface area contributed by atoms with Crippen molar-refractivity contribution in [2.24, 2.45) is 5.92 Å². The number of carbonyl (C=O) groups is 1. The summed E-state index contributed by atoms with van der Waals surface area (Å²) in [5, 5.41) is 0. The van der Waals surface area contributed by atoms with Gasteiger partial charge in [-0.3, -0.25) is 4.79 Å². The fourth-order valence-corrected chi connectivity index (χ4v) is 3.32. The van der Waals surface area contributed by atoms with Crippen LogP contribution in [0.5, 0.6) is 5.75 Å². The summed E-state index contributed by atoms with van der Waals surface area (Å²) in [6.45, 7) is 0.806. The summed E-state index contributed by atoms with van der Waals surface area (Å²) in [5.74, 6) is 2.27. The van der Waals surface area contributed by atoms with E-state index in [-0.39, 0.29) is 0 Å². The fraction of sp³-hybridized carbons (Fsp3) is 0.562. The normalized spacial score (nSPS) is 27.6. The monoisotopic (exact) mass is 257 g/mol. The molecule has 3 aliphatic rings. The number of benzene rings is 1. The van der Waals surface area contributed by atoms with Crippen LogP contribution in [0.15, 0.2) is 18.2 Å². The second kappa shape index (κ2) is 3.99. The number of hydrogen-bond acceptors (Lipinski definition) is 2. The van der Waals surface area contributed by atoms with Crippen molar-refractivity contribution in [3.05, 3.63) is 29.3 Å². The third kappa shape index (κ3) is 1.83. The van der Waals surface area contributed by atoms with Crippen LogP contribution in [0, 0.1) is 5.92 Å². The maximum atomic E-state index is 12.1. The van der Waals surface area contributed by atoms with Gasteiger partial charge < -0.3 is 9.64 Å². The number of carbonyl (C=O) groups excluding carboxylic acids is 1. The zero-order valence-electron chi connectivity index (χ0n) is 11.3. The van der Waals surface area contributed by atoms with Gasteiger partial charge in [0.25, 0.3) is 0 Å². The second-order valence-corrected chi connectivity index (χ2v) is 6.06. The molecule has 1 aliphatic heterocycles. The number of ether oxygens (including phenoxy) is 1. The molecule has 0 radical (unpaired) electrons. The lowest BCUT2D eigenvalue weighted by atomic mass is 10.0. The van der Waals surface area contributed by atoms with E-state index < -0.39 is 0 Å². The first kappa shape index (κ1) is 11.3. The zero-order chi connectivity index (χ0) is 13.0. The molecule has 100 valence electrons. The zero-order valence-corrected chi connectivity index (χ0v) is 11.3. The highest BCUT2D eigenvalue weighted by atomic mass is 16.5. The van der Waals surface area contributed by atoms with Gasteiger partial charge in [-0.25, -0.2) is 0 Å². The lowest BCUT2D eigenvalue weighted by Gasteiger charge is -2.17. The van der Waals surface area contributed by atoms with Crippen LogP contribution < -0.4 is 4.74 Å². The minimum atomic E-state index is 0.330. The van der Waals surface area contributed by atoms with Crippen molar-refractivity contribution in [1.82, 2.24) is 4.90 Å². The van der Waals surface area contributed by atoms with Crippen molar-refractivity contribution in [3.8, 4) is 5.75 Å². The lowest BCUT2D eigenvalue weighted by Crippen LogP contribution is -2.31. The molecule has 2 atom stereocenters. The standard InChI is InChI=1S/C16H19NO2/c1-17(16(18)10-5-6-10)14-9-13(14)11-3-2-4-15-12(11)7-8-19-15/h2-4,10,13-14H,5-9H2,1H3. The summed E-state index contributed by atoms with van der Waals surface area (Å²) in [7, 11) is 1.98. The van der Waals surface area contributed by atoms with E-state index in [4.69, 9.17) is 4.74 Å². The third-order valence-electron chi connectivity index (χ3n) is 4.71. The van der Waals surface area contributed by atoms with Gasteiger partial charge in [-0.05, 0) is 30.9 Å². The first-order chi connectivity index (χ1) is 9.25. The summed E-state index contributed by atoms with van der Waals surface area (Å²) in [5.41, 5.74) is 2.79. The fourth-order valence-electron chi connectivity index (χ4n) is 3.32. The number of likely N-dealkylation sites (N-methyl/N-ethyl adjacent to an activating group) is 1. The smallest absolute Gasteiger partial charge is 0.225 e. The number of fused-ring (bicyclic) bond motifs is 1. The Morgan fingerprint density at radius 3 is 3.00 bits per heavy atom. The number of amides is 1. The van der Waals surface area contributed by atoms with E-state index in [1.807, 2.05) is 11.9 Å². The molecule has 0 saturated heterocycles. The predicted molar refractivity (Wildman–Crippen MR) is 72.3 cm³/mol.